The van der Waals surface area contributed by atoms with Crippen LogP contribution in [0.3, 0.4) is 0 Å². The number of unbranched alkanes of at least 4 members (excludes halogenated alkanes) is 2. The minimum atomic E-state index is -0.246. The van der Waals surface area contributed by atoms with E-state index < -0.39 is 0 Å². The molecule has 1 aliphatic carbocycles. The third-order valence-electron chi connectivity index (χ3n) is 7.08. The van der Waals surface area contributed by atoms with E-state index in [4.69, 9.17) is 4.74 Å². The van der Waals surface area contributed by atoms with Crippen molar-refractivity contribution < 1.29 is 23.9 Å². The van der Waals surface area contributed by atoms with Gasteiger partial charge in [-0.05, 0) is 62.6 Å². The lowest BCUT2D eigenvalue weighted by Gasteiger charge is -2.13. The molecule has 3 heterocycles. The third-order valence-corrected chi connectivity index (χ3v) is 8.29. The van der Waals surface area contributed by atoms with Crippen LogP contribution in [0.5, 0.6) is 0 Å². The van der Waals surface area contributed by atoms with E-state index in [0.717, 1.165) is 50.7 Å². The van der Waals surface area contributed by atoms with Gasteiger partial charge in [-0.2, -0.15) is 0 Å². The zero-order chi connectivity index (χ0) is 25.1. The number of carbonyl (C=O) groups is 4. The maximum atomic E-state index is 13.0. The molecule has 2 N–H and O–H groups in total. The second-order valence-electron chi connectivity index (χ2n) is 9.57. The molecule has 0 saturated carbocycles. The van der Waals surface area contributed by atoms with Crippen LogP contribution in [0, 0.1) is 0 Å². The molecule has 4 amide bonds. The Morgan fingerprint density at radius 3 is 2.53 bits per heavy atom. The Bertz CT molecular complexity index is 1150. The molecule has 1 atom stereocenters. The minimum absolute atomic E-state index is 0.0685. The summed E-state index contributed by atoms with van der Waals surface area (Å²) in [6, 6.07) is 6.87. The Labute approximate surface area is 214 Å². The van der Waals surface area contributed by atoms with E-state index in [1.807, 2.05) is 0 Å². The number of benzene rings is 1. The van der Waals surface area contributed by atoms with Crippen LogP contribution < -0.4 is 10.6 Å². The summed E-state index contributed by atoms with van der Waals surface area (Å²) in [5, 5.41) is 6.62. The lowest BCUT2D eigenvalue weighted by Crippen LogP contribution is -2.32. The van der Waals surface area contributed by atoms with Gasteiger partial charge < -0.3 is 15.4 Å². The van der Waals surface area contributed by atoms with Crippen molar-refractivity contribution in [2.75, 3.05) is 25.0 Å². The number of imide groups is 1. The standard InChI is InChI=1S/C27H31N3O5S/c31-22(13-2-1-5-14-30-26(33)18-9-3-4-10-19(18)27(30)34)29-25-23(20-11-6-12-21(20)36-25)24(32)28-16-17-8-7-15-35-17/h3-4,9-10,17H,1-2,5-8,11-16H2,(H,28,32)(H,29,31). The number of rotatable bonds is 10. The summed E-state index contributed by atoms with van der Waals surface area (Å²) in [4.78, 5) is 53.1. The number of aryl methyl sites for hydroxylation is 1. The van der Waals surface area contributed by atoms with E-state index in [1.54, 1.807) is 24.3 Å². The largest absolute Gasteiger partial charge is 0.376 e. The maximum absolute atomic E-state index is 13.0. The average Bonchev–Trinajstić information content (AvgIpc) is 3.65. The first-order valence-corrected chi connectivity index (χ1v) is 13.6. The normalized spacial score (nSPS) is 18.4. The monoisotopic (exact) mass is 509 g/mol. The van der Waals surface area contributed by atoms with Gasteiger partial charge in [-0.1, -0.05) is 18.6 Å². The second-order valence-corrected chi connectivity index (χ2v) is 10.7. The zero-order valence-corrected chi connectivity index (χ0v) is 21.1. The Morgan fingerprint density at radius 1 is 1.03 bits per heavy atom. The zero-order valence-electron chi connectivity index (χ0n) is 20.3. The summed E-state index contributed by atoms with van der Waals surface area (Å²) in [5.41, 5.74) is 2.60. The average molecular weight is 510 g/mol. The SMILES string of the molecule is O=C(CCCCCN1C(=O)c2ccccc2C1=O)Nc1sc2c(c1C(=O)NCC1CCCO1)CCC2. The van der Waals surface area contributed by atoms with Crippen LogP contribution in [0.4, 0.5) is 5.00 Å². The molecule has 1 unspecified atom stereocenters. The van der Waals surface area contributed by atoms with Gasteiger partial charge in [0.15, 0.2) is 0 Å². The molecular weight excluding hydrogens is 478 g/mol. The number of thiophene rings is 1. The summed E-state index contributed by atoms with van der Waals surface area (Å²) in [5.74, 6) is -0.751. The molecule has 8 nitrogen and oxygen atoms in total. The molecule has 0 bridgehead atoms. The van der Waals surface area contributed by atoms with Gasteiger partial charge in [-0.3, -0.25) is 24.1 Å². The first-order valence-electron chi connectivity index (χ1n) is 12.8. The first kappa shape index (κ1) is 24.6. The van der Waals surface area contributed by atoms with Crippen molar-refractivity contribution in [1.29, 1.82) is 0 Å². The highest BCUT2D eigenvalue weighted by molar-refractivity contribution is 7.17. The molecule has 5 rings (SSSR count). The molecule has 0 spiro atoms. The van der Waals surface area contributed by atoms with Gasteiger partial charge in [0.2, 0.25) is 5.91 Å². The summed E-state index contributed by atoms with van der Waals surface area (Å²) in [6.07, 6.45) is 7.21. The van der Waals surface area contributed by atoms with E-state index >= 15 is 0 Å². The second kappa shape index (κ2) is 10.9. The molecule has 1 aromatic carbocycles. The lowest BCUT2D eigenvalue weighted by atomic mass is 10.1. The maximum Gasteiger partial charge on any atom is 0.261 e. The molecule has 9 heteroatoms. The molecular formula is C27H31N3O5S. The first-order chi connectivity index (χ1) is 17.5. The molecule has 1 aromatic heterocycles. The number of ether oxygens (including phenoxy) is 1. The Morgan fingerprint density at radius 2 is 1.81 bits per heavy atom. The number of amides is 4. The molecule has 1 fully saturated rings. The smallest absolute Gasteiger partial charge is 0.261 e. The van der Waals surface area contributed by atoms with Crippen LogP contribution in [0.1, 0.15) is 86.5 Å². The van der Waals surface area contributed by atoms with Crippen molar-refractivity contribution in [3.63, 3.8) is 0 Å². The van der Waals surface area contributed by atoms with Gasteiger partial charge >= 0.3 is 0 Å². The fraction of sp³-hybridized carbons (Fsp3) is 0.481. The van der Waals surface area contributed by atoms with Crippen molar-refractivity contribution in [2.24, 2.45) is 0 Å². The van der Waals surface area contributed by atoms with E-state index in [1.165, 1.54) is 21.1 Å². The van der Waals surface area contributed by atoms with Crippen LogP contribution in [-0.2, 0) is 22.4 Å². The van der Waals surface area contributed by atoms with Crippen LogP contribution in [0.25, 0.3) is 0 Å². The van der Waals surface area contributed by atoms with E-state index in [-0.39, 0.29) is 29.7 Å². The Hall–Kier alpha value is -3.04. The molecule has 0 radical (unpaired) electrons. The fourth-order valence-electron chi connectivity index (χ4n) is 5.20. The van der Waals surface area contributed by atoms with Crippen LogP contribution in [-0.4, -0.2) is 54.3 Å². The van der Waals surface area contributed by atoms with Crippen LogP contribution >= 0.6 is 11.3 Å². The molecule has 1 saturated heterocycles. The summed E-state index contributed by atoms with van der Waals surface area (Å²) < 4.78 is 5.61. The van der Waals surface area contributed by atoms with Crippen molar-refractivity contribution >= 4 is 40.0 Å². The molecule has 36 heavy (non-hydrogen) atoms. The predicted octanol–water partition coefficient (Wildman–Crippen LogP) is 3.94. The highest BCUT2D eigenvalue weighted by Gasteiger charge is 2.34. The highest BCUT2D eigenvalue weighted by atomic mass is 32.1. The fourth-order valence-corrected chi connectivity index (χ4v) is 6.50. The number of anilines is 1. The van der Waals surface area contributed by atoms with Crippen molar-refractivity contribution in [2.45, 2.75) is 63.9 Å². The predicted molar refractivity (Wildman–Crippen MR) is 137 cm³/mol. The van der Waals surface area contributed by atoms with Crippen LogP contribution in [0.2, 0.25) is 0 Å². The molecule has 190 valence electrons. The highest BCUT2D eigenvalue weighted by Crippen LogP contribution is 2.39. The Kier molecular flexibility index (Phi) is 7.48. The lowest BCUT2D eigenvalue weighted by molar-refractivity contribution is -0.116. The molecule has 3 aliphatic rings. The van der Waals surface area contributed by atoms with Gasteiger partial charge in [-0.25, -0.2) is 0 Å². The number of hydrogen-bond donors (Lipinski definition) is 2. The van der Waals surface area contributed by atoms with E-state index in [0.29, 0.717) is 54.0 Å². The molecule has 2 aromatic rings. The number of hydrogen-bond acceptors (Lipinski definition) is 6. The van der Waals surface area contributed by atoms with Gasteiger partial charge in [-0.15, -0.1) is 11.3 Å². The summed E-state index contributed by atoms with van der Waals surface area (Å²) >= 11 is 1.51. The summed E-state index contributed by atoms with van der Waals surface area (Å²) in [7, 11) is 0. The van der Waals surface area contributed by atoms with Crippen molar-refractivity contribution in [3.05, 3.63) is 51.4 Å². The number of nitrogens with one attached hydrogen (secondary N) is 2. The number of carbonyl (C=O) groups excluding carboxylic acids is 4. The topological polar surface area (TPSA) is 105 Å². The molecule has 2 aliphatic heterocycles. The summed E-state index contributed by atoms with van der Waals surface area (Å²) in [6.45, 7) is 1.58. The minimum Gasteiger partial charge on any atom is -0.376 e. The van der Waals surface area contributed by atoms with Gasteiger partial charge in [0.25, 0.3) is 17.7 Å². The quantitative estimate of drug-likeness (QED) is 0.373. The van der Waals surface area contributed by atoms with Gasteiger partial charge in [0, 0.05) is 31.0 Å². The van der Waals surface area contributed by atoms with E-state index in [2.05, 4.69) is 10.6 Å². The van der Waals surface area contributed by atoms with Crippen molar-refractivity contribution in [1.82, 2.24) is 10.2 Å². The third kappa shape index (κ3) is 5.08. The van der Waals surface area contributed by atoms with Crippen LogP contribution in [0.15, 0.2) is 24.3 Å². The number of fused-ring (bicyclic) bond motifs is 2. The number of nitrogens with zero attached hydrogens (tertiary/aromatic N) is 1. The van der Waals surface area contributed by atoms with Crippen molar-refractivity contribution in [3.8, 4) is 0 Å². The van der Waals surface area contributed by atoms with Gasteiger partial charge in [0.1, 0.15) is 5.00 Å². The Balaban J connectivity index is 1.09. The van der Waals surface area contributed by atoms with E-state index in [9.17, 15) is 19.2 Å². The van der Waals surface area contributed by atoms with Gasteiger partial charge in [0.05, 0.1) is 22.8 Å².